The van der Waals surface area contributed by atoms with Crippen LogP contribution in [-0.2, 0) is 4.79 Å². The molecule has 3 aromatic carbocycles. The van der Waals surface area contributed by atoms with Crippen LogP contribution in [0.3, 0.4) is 0 Å². The Kier molecular flexibility index (Phi) is 4.65. The van der Waals surface area contributed by atoms with Crippen molar-refractivity contribution >= 4 is 44.7 Å². The summed E-state index contributed by atoms with van der Waals surface area (Å²) in [5, 5.41) is 12.9. The van der Waals surface area contributed by atoms with Crippen LogP contribution in [0.1, 0.15) is 36.0 Å². The number of nitrogen functional groups attached to an aromatic ring is 1. The van der Waals surface area contributed by atoms with E-state index in [9.17, 15) is 4.79 Å². The van der Waals surface area contributed by atoms with Gasteiger partial charge in [0.15, 0.2) is 0 Å². The number of hydrogen-bond acceptors (Lipinski definition) is 3. The first-order valence-corrected chi connectivity index (χ1v) is 9.45. The lowest BCUT2D eigenvalue weighted by molar-refractivity contribution is -0.120. The van der Waals surface area contributed by atoms with E-state index in [0.717, 1.165) is 27.8 Å². The Morgan fingerprint density at radius 1 is 1.11 bits per heavy atom. The topological polar surface area (TPSA) is 79.0 Å². The van der Waals surface area contributed by atoms with Crippen molar-refractivity contribution in [1.82, 2.24) is 5.32 Å². The highest BCUT2D eigenvalue weighted by Crippen LogP contribution is 2.40. The summed E-state index contributed by atoms with van der Waals surface area (Å²) in [6.07, 6.45) is 0.364. The maximum Gasteiger partial charge on any atom is 0.225 e. The van der Waals surface area contributed by atoms with Gasteiger partial charge in [0.25, 0.3) is 0 Å². The minimum absolute atomic E-state index is 0.000151. The van der Waals surface area contributed by atoms with Crippen LogP contribution >= 0.6 is 11.6 Å². The summed E-state index contributed by atoms with van der Waals surface area (Å²) in [5.74, 6) is -0.0838. The molecule has 0 saturated heterocycles. The molecule has 4 N–H and O–H groups in total. The van der Waals surface area contributed by atoms with Crippen LogP contribution < -0.4 is 11.1 Å². The van der Waals surface area contributed by atoms with E-state index in [2.05, 4.69) is 35.6 Å². The smallest absolute Gasteiger partial charge is 0.225 e. The molecule has 1 unspecified atom stereocenters. The normalized spacial score (nSPS) is 16.9. The van der Waals surface area contributed by atoms with Gasteiger partial charge in [-0.3, -0.25) is 10.2 Å². The largest absolute Gasteiger partial charge is 0.398 e. The number of anilines is 1. The quantitative estimate of drug-likeness (QED) is 0.434. The molecule has 28 heavy (non-hydrogen) atoms. The van der Waals surface area contributed by atoms with E-state index >= 15 is 0 Å². The highest BCUT2D eigenvalue weighted by Gasteiger charge is 2.29. The van der Waals surface area contributed by atoms with E-state index in [1.807, 2.05) is 31.2 Å². The summed E-state index contributed by atoms with van der Waals surface area (Å²) in [5.41, 5.74) is 10.8. The molecule has 3 aromatic rings. The molecule has 0 spiro atoms. The zero-order chi connectivity index (χ0) is 19.8. The first-order chi connectivity index (χ1) is 13.4. The van der Waals surface area contributed by atoms with Crippen molar-refractivity contribution in [1.29, 1.82) is 5.41 Å². The second kappa shape index (κ2) is 7.13. The number of rotatable bonds is 3. The second-order valence-corrected chi connectivity index (χ2v) is 7.44. The van der Waals surface area contributed by atoms with Gasteiger partial charge in [-0.2, -0.15) is 0 Å². The summed E-state index contributed by atoms with van der Waals surface area (Å²) in [4.78, 5) is 12.3. The van der Waals surface area contributed by atoms with Crippen molar-refractivity contribution in [2.24, 2.45) is 0 Å². The number of allylic oxidation sites excluding steroid dienone is 2. The molecule has 4 rings (SSSR count). The van der Waals surface area contributed by atoms with Crippen molar-refractivity contribution < 1.29 is 4.79 Å². The SMILES string of the molecule is CC1=C(c2ccc(N)c(C(=N)Cl)c2)C(c2ccc3ccccc3c2)CC(=O)N1. The lowest BCUT2D eigenvalue weighted by Gasteiger charge is -2.29. The molecule has 4 nitrogen and oxygen atoms in total. The van der Waals surface area contributed by atoms with Gasteiger partial charge in [-0.1, -0.05) is 60.1 Å². The molecule has 1 amide bonds. The second-order valence-electron chi connectivity index (χ2n) is 7.07. The molecule has 0 aromatic heterocycles. The predicted molar refractivity (Wildman–Crippen MR) is 116 cm³/mol. The average molecular weight is 390 g/mol. The molecule has 1 aliphatic heterocycles. The van der Waals surface area contributed by atoms with Gasteiger partial charge in [0.1, 0.15) is 5.17 Å². The van der Waals surface area contributed by atoms with Gasteiger partial charge in [0, 0.05) is 29.3 Å². The van der Waals surface area contributed by atoms with Crippen LogP contribution in [0.15, 0.2) is 66.4 Å². The third-order valence-electron chi connectivity index (χ3n) is 5.25. The first-order valence-electron chi connectivity index (χ1n) is 9.07. The number of nitrogens with two attached hydrogens (primary N) is 1. The molecule has 5 heteroatoms. The Morgan fingerprint density at radius 2 is 1.86 bits per heavy atom. The fourth-order valence-corrected chi connectivity index (χ4v) is 4.08. The minimum atomic E-state index is -0.0975. The molecule has 1 heterocycles. The van der Waals surface area contributed by atoms with Gasteiger partial charge >= 0.3 is 0 Å². The number of fused-ring (bicyclic) bond motifs is 1. The van der Waals surface area contributed by atoms with Crippen molar-refractivity contribution in [2.45, 2.75) is 19.3 Å². The third-order valence-corrected chi connectivity index (χ3v) is 5.45. The maximum absolute atomic E-state index is 12.3. The van der Waals surface area contributed by atoms with Crippen molar-refractivity contribution in [3.8, 4) is 0 Å². The van der Waals surface area contributed by atoms with Gasteiger partial charge in [-0.25, -0.2) is 0 Å². The maximum atomic E-state index is 12.3. The van der Waals surface area contributed by atoms with E-state index < -0.39 is 0 Å². The number of carbonyl (C=O) groups excluding carboxylic acids is 1. The van der Waals surface area contributed by atoms with Gasteiger partial charge < -0.3 is 11.1 Å². The van der Waals surface area contributed by atoms with Crippen LogP contribution in [-0.4, -0.2) is 11.1 Å². The monoisotopic (exact) mass is 389 g/mol. The number of carbonyl (C=O) groups is 1. The zero-order valence-corrected chi connectivity index (χ0v) is 16.2. The Balaban J connectivity index is 1.87. The molecule has 0 fully saturated rings. The van der Waals surface area contributed by atoms with Crippen LogP contribution in [0.25, 0.3) is 16.3 Å². The van der Waals surface area contributed by atoms with E-state index in [1.165, 1.54) is 5.39 Å². The molecule has 1 atom stereocenters. The zero-order valence-electron chi connectivity index (χ0n) is 15.4. The Labute approximate surface area is 168 Å². The van der Waals surface area contributed by atoms with Crippen LogP contribution in [0.4, 0.5) is 5.69 Å². The van der Waals surface area contributed by atoms with E-state index in [4.69, 9.17) is 22.7 Å². The summed E-state index contributed by atoms with van der Waals surface area (Å²) in [7, 11) is 0. The Hall–Kier alpha value is -3.11. The molecular formula is C23H20ClN3O. The van der Waals surface area contributed by atoms with Crippen molar-refractivity contribution in [3.63, 3.8) is 0 Å². The molecule has 1 aliphatic rings. The highest BCUT2D eigenvalue weighted by molar-refractivity contribution is 6.69. The summed E-state index contributed by atoms with van der Waals surface area (Å²) >= 11 is 5.92. The lowest BCUT2D eigenvalue weighted by Crippen LogP contribution is -2.30. The fourth-order valence-electron chi connectivity index (χ4n) is 3.92. The van der Waals surface area contributed by atoms with Crippen molar-refractivity contribution in [3.05, 3.63) is 83.1 Å². The predicted octanol–water partition coefficient (Wildman–Crippen LogP) is 5.02. The van der Waals surface area contributed by atoms with Gasteiger partial charge in [0.05, 0.1) is 0 Å². The summed E-state index contributed by atoms with van der Waals surface area (Å²) < 4.78 is 0. The minimum Gasteiger partial charge on any atom is -0.398 e. The van der Waals surface area contributed by atoms with Crippen LogP contribution in [0.5, 0.6) is 0 Å². The Morgan fingerprint density at radius 3 is 2.61 bits per heavy atom. The Bertz CT molecular complexity index is 1150. The van der Waals surface area contributed by atoms with E-state index in [0.29, 0.717) is 17.7 Å². The molecule has 0 bridgehead atoms. The lowest BCUT2D eigenvalue weighted by atomic mass is 9.80. The number of nitrogens with one attached hydrogen (secondary N) is 2. The third kappa shape index (κ3) is 3.27. The first kappa shape index (κ1) is 18.3. The molecule has 0 radical (unpaired) electrons. The molecule has 140 valence electrons. The van der Waals surface area contributed by atoms with Crippen LogP contribution in [0, 0.1) is 5.41 Å². The average Bonchev–Trinajstić information content (AvgIpc) is 2.67. The van der Waals surface area contributed by atoms with E-state index in [-0.39, 0.29) is 17.0 Å². The number of hydrogen-bond donors (Lipinski definition) is 3. The molecule has 0 saturated carbocycles. The number of benzene rings is 3. The summed E-state index contributed by atoms with van der Waals surface area (Å²) in [6.45, 7) is 1.91. The van der Waals surface area contributed by atoms with Gasteiger partial charge in [0.2, 0.25) is 5.91 Å². The fraction of sp³-hybridized carbons (Fsp3) is 0.130. The number of amides is 1. The summed E-state index contributed by atoms with van der Waals surface area (Å²) in [6, 6.07) is 20.0. The standard InChI is InChI=1S/C23H20ClN3O/c1-13-22(17-8-9-20(25)19(11-17)23(24)26)18(12-21(28)27-13)16-7-6-14-4-2-3-5-15(14)10-16/h2-11,18,26H,12,25H2,1H3,(H,27,28). The molecular weight excluding hydrogens is 370 g/mol. The van der Waals surface area contributed by atoms with Gasteiger partial charge in [-0.05, 0) is 46.5 Å². The van der Waals surface area contributed by atoms with Crippen LogP contribution in [0.2, 0.25) is 0 Å². The number of halogens is 1. The highest BCUT2D eigenvalue weighted by atomic mass is 35.5. The van der Waals surface area contributed by atoms with Crippen molar-refractivity contribution in [2.75, 3.05) is 5.73 Å². The molecule has 0 aliphatic carbocycles. The van der Waals surface area contributed by atoms with Gasteiger partial charge in [-0.15, -0.1) is 0 Å². The van der Waals surface area contributed by atoms with E-state index in [1.54, 1.807) is 6.07 Å².